The molecular formula is H9Ga3Pt5. The van der Waals surface area contributed by atoms with Crippen LogP contribution in [0.2, 0.25) is 0 Å². The van der Waals surface area contributed by atoms with Crippen LogP contribution in [0.5, 0.6) is 0 Å². The third kappa shape index (κ3) is 42.5. The van der Waals surface area contributed by atoms with Gasteiger partial charge < -0.3 is 0 Å². The Bertz CT molecular complexity index is 7.64. The van der Waals surface area contributed by atoms with E-state index in [1.54, 1.807) is 0 Å². The molecule has 0 amide bonds. The maximum absolute atomic E-state index is 0. The molecule has 0 spiro atoms. The third-order valence-corrected chi connectivity index (χ3v) is 0. The minimum atomic E-state index is 0. The van der Waals surface area contributed by atoms with Crippen molar-refractivity contribution in [2.75, 3.05) is 0 Å². The molecule has 0 heterocycles. The first-order chi connectivity index (χ1) is 0. The van der Waals surface area contributed by atoms with Gasteiger partial charge in [-0.3, -0.25) is 0 Å². The van der Waals surface area contributed by atoms with E-state index in [1.165, 1.54) is 0 Å². The van der Waals surface area contributed by atoms with E-state index in [1.807, 2.05) is 0 Å². The fourth-order valence-corrected chi connectivity index (χ4v) is 0. The normalized spacial score (nSPS) is 0. The van der Waals surface area contributed by atoms with Crippen LogP contribution in [0.3, 0.4) is 0 Å². The van der Waals surface area contributed by atoms with E-state index in [0.717, 1.165) is 0 Å². The zero-order valence-corrected chi connectivity index (χ0v) is 12.9. The zero-order chi connectivity index (χ0) is 0. The van der Waals surface area contributed by atoms with Crippen molar-refractivity contribution in [3.8, 4) is 0 Å². The molecule has 0 radical (unpaired) electrons. The first-order valence-corrected chi connectivity index (χ1v) is 0. The summed E-state index contributed by atoms with van der Waals surface area (Å²) in [5.41, 5.74) is 0. The Labute approximate surface area is 161 Å². The maximum atomic E-state index is 0. The van der Waals surface area contributed by atoms with Crippen molar-refractivity contribution in [2.45, 2.75) is 0 Å². The summed E-state index contributed by atoms with van der Waals surface area (Å²) >= 11 is 0. The second-order valence-electron chi connectivity index (χ2n) is 0. The quantitative estimate of drug-likeness (QED) is 0.221. The summed E-state index contributed by atoms with van der Waals surface area (Å²) in [6, 6.07) is 0. The van der Waals surface area contributed by atoms with Crippen molar-refractivity contribution in [3.63, 3.8) is 0 Å². The largest absolute Gasteiger partial charge is 0 e. The smallest absolute Gasteiger partial charge is 0 e. The summed E-state index contributed by atoms with van der Waals surface area (Å²) in [4.78, 5) is 0. The Hall–Kier alpha value is 5.35. The van der Waals surface area contributed by atoms with Gasteiger partial charge in [0.05, 0.1) is 0 Å². The molecule has 0 aliphatic heterocycles. The van der Waals surface area contributed by atoms with Crippen molar-refractivity contribution < 1.29 is 105 Å². The van der Waals surface area contributed by atoms with E-state index in [4.69, 9.17) is 0 Å². The molecule has 0 aromatic rings. The van der Waals surface area contributed by atoms with Gasteiger partial charge in [-0.2, -0.15) is 0 Å². The predicted molar refractivity (Wildman–Crippen MR) is 29.8 cm³/mol. The molecule has 0 rings (SSSR count). The van der Waals surface area contributed by atoms with Crippen LogP contribution < -0.4 is 0 Å². The molecule has 8 heteroatoms. The summed E-state index contributed by atoms with van der Waals surface area (Å²) in [5.74, 6) is 0. The van der Waals surface area contributed by atoms with E-state index in [2.05, 4.69) is 0 Å². The van der Waals surface area contributed by atoms with Crippen LogP contribution in [-0.4, -0.2) is 59.4 Å². The van der Waals surface area contributed by atoms with E-state index in [9.17, 15) is 0 Å². The predicted octanol–water partition coefficient (Wildman–Crippen LogP) is -3.56. The Morgan fingerprint density at radius 1 is 0.250 bits per heavy atom. The Morgan fingerprint density at radius 2 is 0.250 bits per heavy atom. The van der Waals surface area contributed by atoms with Gasteiger partial charge in [0.25, 0.3) is 0 Å². The Kier molecular flexibility index (Phi) is 494. The average Bonchev–Trinajstić information content (AvgIpc) is 0. The summed E-state index contributed by atoms with van der Waals surface area (Å²) in [6.45, 7) is 0. The van der Waals surface area contributed by atoms with E-state index >= 15 is 0 Å². The Balaban J connectivity index is 0. The molecule has 0 nitrogen and oxygen atoms in total. The van der Waals surface area contributed by atoms with Crippen LogP contribution in [0.4, 0.5) is 0 Å². The van der Waals surface area contributed by atoms with Gasteiger partial charge in [0, 0.05) is 105 Å². The van der Waals surface area contributed by atoms with Gasteiger partial charge in [-0.1, -0.05) is 0 Å². The monoisotopic (exact) mass is 1190 g/mol. The maximum Gasteiger partial charge on any atom is 0 e. The van der Waals surface area contributed by atoms with Crippen LogP contribution in [0, 0.1) is 0 Å². The molecule has 0 N–H and O–H groups in total. The van der Waals surface area contributed by atoms with Crippen molar-refractivity contribution >= 4 is 59.4 Å². The Morgan fingerprint density at radius 3 is 0.250 bits per heavy atom. The minimum Gasteiger partial charge on any atom is 0 e. The minimum absolute atomic E-state index is 0. The van der Waals surface area contributed by atoms with Gasteiger partial charge in [0.2, 0.25) is 0 Å². The molecule has 0 unspecified atom stereocenters. The van der Waals surface area contributed by atoms with Crippen LogP contribution in [0.25, 0.3) is 0 Å². The summed E-state index contributed by atoms with van der Waals surface area (Å²) < 4.78 is 0. The number of rotatable bonds is 0. The zero-order valence-electron chi connectivity index (χ0n) is 1.58. The standard InChI is InChI=1S/3Ga.5Pt.9H. The molecule has 0 atom stereocenters. The molecular weight excluding hydrogens is 1180 g/mol. The van der Waals surface area contributed by atoms with Crippen LogP contribution in [0.15, 0.2) is 0 Å². The number of hydrogen-bond donors (Lipinski definition) is 0. The van der Waals surface area contributed by atoms with Crippen LogP contribution in [0.1, 0.15) is 0 Å². The van der Waals surface area contributed by atoms with Gasteiger partial charge in [0.1, 0.15) is 0 Å². The first kappa shape index (κ1) is 71.1. The third-order valence-electron chi connectivity index (χ3n) is 0. The van der Waals surface area contributed by atoms with Gasteiger partial charge >= 0.3 is 59.4 Å². The fourth-order valence-electron chi connectivity index (χ4n) is 0. The van der Waals surface area contributed by atoms with Crippen molar-refractivity contribution in [3.05, 3.63) is 0 Å². The molecule has 0 aliphatic rings. The topological polar surface area (TPSA) is 0 Å². The van der Waals surface area contributed by atoms with Crippen molar-refractivity contribution in [2.24, 2.45) is 0 Å². The molecule has 0 fully saturated rings. The van der Waals surface area contributed by atoms with Crippen molar-refractivity contribution in [1.82, 2.24) is 0 Å². The fraction of sp³-hybridized carbons (Fsp3) is 0. The van der Waals surface area contributed by atoms with E-state index in [-0.39, 0.29) is 165 Å². The summed E-state index contributed by atoms with van der Waals surface area (Å²) in [6.07, 6.45) is 0. The first-order valence-electron chi connectivity index (χ1n) is 0. The second-order valence-corrected chi connectivity index (χ2v) is 0. The molecule has 0 aromatic carbocycles. The molecule has 0 saturated carbocycles. The number of hydrogen-bond acceptors (Lipinski definition) is 0. The average molecular weight is 1190 g/mol. The molecule has 8 heavy (non-hydrogen) atoms. The molecule has 0 saturated heterocycles. The molecule has 0 aromatic heterocycles. The SMILES string of the molecule is [GaH3].[GaH3].[GaH3].[Pt].[Pt].[Pt].[Pt].[Pt]. The molecule has 0 bridgehead atoms. The molecule has 0 aliphatic carbocycles. The molecule has 68 valence electrons. The van der Waals surface area contributed by atoms with Gasteiger partial charge in [-0.05, 0) is 0 Å². The summed E-state index contributed by atoms with van der Waals surface area (Å²) in [7, 11) is 0. The van der Waals surface area contributed by atoms with Crippen LogP contribution >= 0.6 is 0 Å². The van der Waals surface area contributed by atoms with E-state index in [0.29, 0.717) is 0 Å². The van der Waals surface area contributed by atoms with Gasteiger partial charge in [-0.25, -0.2) is 0 Å². The summed E-state index contributed by atoms with van der Waals surface area (Å²) in [5, 5.41) is 0. The van der Waals surface area contributed by atoms with Crippen molar-refractivity contribution in [1.29, 1.82) is 0 Å². The van der Waals surface area contributed by atoms with E-state index < -0.39 is 0 Å². The van der Waals surface area contributed by atoms with Crippen LogP contribution in [-0.2, 0) is 105 Å². The van der Waals surface area contributed by atoms with Gasteiger partial charge in [0.15, 0.2) is 0 Å². The van der Waals surface area contributed by atoms with Gasteiger partial charge in [-0.15, -0.1) is 0 Å². The second kappa shape index (κ2) is 55.6.